The summed E-state index contributed by atoms with van der Waals surface area (Å²) in [5.74, 6) is 0.846. The van der Waals surface area contributed by atoms with Crippen LogP contribution in [0.4, 0.5) is 17.1 Å². The highest BCUT2D eigenvalue weighted by molar-refractivity contribution is 5.89. The second-order valence-electron chi connectivity index (χ2n) is 13.0. The van der Waals surface area contributed by atoms with Gasteiger partial charge in [-0.25, -0.2) is 0 Å². The molecule has 0 aliphatic heterocycles. The molecule has 0 saturated heterocycles. The molecule has 1 heterocycles. The standard InChI is InChI=1S/C50H35NO/c1-4-15-36(16-5-1)42-31-43(37-17-6-2-7-18-37)34-46(33-42)51(45-23-14-22-40(32-45)50-35-41-21-10-13-26-49(41)52-50)44-29-27-39(28-30-44)48-25-12-11-24-47(48)38-19-8-3-9-20-38/h1-35H. The van der Waals surface area contributed by atoms with Gasteiger partial charge in [-0.1, -0.05) is 158 Å². The third-order valence-electron chi connectivity index (χ3n) is 9.65. The second-order valence-corrected chi connectivity index (χ2v) is 13.0. The van der Waals surface area contributed by atoms with Crippen LogP contribution >= 0.6 is 0 Å². The molecule has 0 radical (unpaired) electrons. The van der Waals surface area contributed by atoms with Crippen molar-refractivity contribution >= 4 is 28.0 Å². The van der Waals surface area contributed by atoms with Crippen LogP contribution in [0.25, 0.3) is 66.8 Å². The maximum absolute atomic E-state index is 6.35. The van der Waals surface area contributed by atoms with E-state index in [1.807, 2.05) is 18.2 Å². The molecule has 1 aromatic heterocycles. The quantitative estimate of drug-likeness (QED) is 0.161. The Labute approximate surface area is 304 Å². The Hall–Kier alpha value is -6.90. The van der Waals surface area contributed by atoms with Gasteiger partial charge in [-0.2, -0.15) is 0 Å². The maximum Gasteiger partial charge on any atom is 0.135 e. The van der Waals surface area contributed by atoms with Gasteiger partial charge in [0, 0.05) is 28.0 Å². The molecule has 0 N–H and O–H groups in total. The number of furan rings is 1. The zero-order valence-electron chi connectivity index (χ0n) is 28.6. The number of fused-ring (bicyclic) bond motifs is 1. The first-order valence-corrected chi connectivity index (χ1v) is 17.7. The van der Waals surface area contributed by atoms with Gasteiger partial charge in [0.05, 0.1) is 0 Å². The van der Waals surface area contributed by atoms with E-state index in [-0.39, 0.29) is 0 Å². The van der Waals surface area contributed by atoms with Crippen LogP contribution < -0.4 is 4.90 Å². The Balaban J connectivity index is 1.21. The molecule has 2 nitrogen and oxygen atoms in total. The number of para-hydroxylation sites is 1. The lowest BCUT2D eigenvalue weighted by Gasteiger charge is -2.27. The molecule has 0 amide bonds. The van der Waals surface area contributed by atoms with Gasteiger partial charge in [-0.15, -0.1) is 0 Å². The molecule has 9 rings (SSSR count). The van der Waals surface area contributed by atoms with Crippen molar-refractivity contribution in [1.82, 2.24) is 0 Å². The Kier molecular flexibility index (Phi) is 8.24. The molecule has 0 bridgehead atoms. The number of rotatable bonds is 8. The van der Waals surface area contributed by atoms with Gasteiger partial charge >= 0.3 is 0 Å². The van der Waals surface area contributed by atoms with Crippen molar-refractivity contribution in [2.24, 2.45) is 0 Å². The van der Waals surface area contributed by atoms with Crippen molar-refractivity contribution < 1.29 is 4.42 Å². The van der Waals surface area contributed by atoms with Crippen LogP contribution in [0.1, 0.15) is 0 Å². The highest BCUT2D eigenvalue weighted by Gasteiger charge is 2.18. The van der Waals surface area contributed by atoms with Gasteiger partial charge < -0.3 is 9.32 Å². The summed E-state index contributed by atoms with van der Waals surface area (Å²) in [6.07, 6.45) is 0. The van der Waals surface area contributed by atoms with Gasteiger partial charge in [-0.3, -0.25) is 0 Å². The highest BCUT2D eigenvalue weighted by atomic mass is 16.3. The molecule has 2 heteroatoms. The minimum atomic E-state index is 0.846. The zero-order valence-corrected chi connectivity index (χ0v) is 28.6. The Morgan fingerprint density at radius 2 is 0.788 bits per heavy atom. The smallest absolute Gasteiger partial charge is 0.135 e. The first kappa shape index (κ1) is 31.1. The molecule has 0 unspecified atom stereocenters. The summed E-state index contributed by atoms with van der Waals surface area (Å²) in [5.41, 5.74) is 14.5. The lowest BCUT2D eigenvalue weighted by Crippen LogP contribution is -2.10. The minimum absolute atomic E-state index is 0.846. The van der Waals surface area contributed by atoms with Crippen molar-refractivity contribution in [3.05, 3.63) is 212 Å². The van der Waals surface area contributed by atoms with Crippen LogP contribution in [0.3, 0.4) is 0 Å². The van der Waals surface area contributed by atoms with Gasteiger partial charge in [0.15, 0.2) is 0 Å². The predicted octanol–water partition coefficient (Wildman–Crippen LogP) is 14.2. The van der Waals surface area contributed by atoms with Crippen LogP contribution in [0.15, 0.2) is 217 Å². The van der Waals surface area contributed by atoms with E-state index in [4.69, 9.17) is 4.42 Å². The fourth-order valence-electron chi connectivity index (χ4n) is 7.10. The van der Waals surface area contributed by atoms with Gasteiger partial charge in [0.1, 0.15) is 11.3 Å². The largest absolute Gasteiger partial charge is 0.456 e. The first-order chi connectivity index (χ1) is 25.8. The maximum atomic E-state index is 6.35. The lowest BCUT2D eigenvalue weighted by molar-refractivity contribution is 0.631. The molecule has 0 saturated carbocycles. The van der Waals surface area contributed by atoms with Crippen molar-refractivity contribution in [3.8, 4) is 55.8 Å². The van der Waals surface area contributed by atoms with Crippen LogP contribution in [0.5, 0.6) is 0 Å². The predicted molar refractivity (Wildman–Crippen MR) is 218 cm³/mol. The van der Waals surface area contributed by atoms with E-state index in [0.29, 0.717) is 0 Å². The fourth-order valence-corrected chi connectivity index (χ4v) is 7.10. The van der Waals surface area contributed by atoms with Gasteiger partial charge in [-0.05, 0) is 99.1 Å². The zero-order chi connectivity index (χ0) is 34.7. The van der Waals surface area contributed by atoms with E-state index in [2.05, 4.69) is 199 Å². The van der Waals surface area contributed by atoms with E-state index < -0.39 is 0 Å². The Morgan fingerprint density at radius 3 is 1.40 bits per heavy atom. The van der Waals surface area contributed by atoms with Crippen molar-refractivity contribution in [2.75, 3.05) is 4.90 Å². The van der Waals surface area contributed by atoms with Crippen molar-refractivity contribution in [3.63, 3.8) is 0 Å². The van der Waals surface area contributed by atoms with E-state index >= 15 is 0 Å². The highest BCUT2D eigenvalue weighted by Crippen LogP contribution is 2.42. The van der Waals surface area contributed by atoms with E-state index in [9.17, 15) is 0 Å². The summed E-state index contributed by atoms with van der Waals surface area (Å²) in [4.78, 5) is 2.36. The molecule has 0 spiro atoms. The van der Waals surface area contributed by atoms with Crippen LogP contribution in [-0.2, 0) is 0 Å². The topological polar surface area (TPSA) is 16.4 Å². The van der Waals surface area contributed by atoms with E-state index in [0.717, 1.165) is 50.5 Å². The van der Waals surface area contributed by atoms with Crippen LogP contribution in [0.2, 0.25) is 0 Å². The fraction of sp³-hybridized carbons (Fsp3) is 0. The van der Waals surface area contributed by atoms with Crippen molar-refractivity contribution in [2.45, 2.75) is 0 Å². The number of benzene rings is 8. The molecule has 0 aliphatic rings. The molecule has 52 heavy (non-hydrogen) atoms. The lowest BCUT2D eigenvalue weighted by atomic mass is 9.94. The Morgan fingerprint density at radius 1 is 0.288 bits per heavy atom. The molecule has 0 fully saturated rings. The average molecular weight is 666 g/mol. The van der Waals surface area contributed by atoms with Crippen LogP contribution in [0, 0.1) is 0 Å². The molecule has 8 aromatic carbocycles. The van der Waals surface area contributed by atoms with Gasteiger partial charge in [0.2, 0.25) is 0 Å². The first-order valence-electron chi connectivity index (χ1n) is 17.7. The summed E-state index contributed by atoms with van der Waals surface area (Å²) < 4.78 is 6.35. The van der Waals surface area contributed by atoms with Crippen molar-refractivity contribution in [1.29, 1.82) is 0 Å². The van der Waals surface area contributed by atoms with Crippen LogP contribution in [-0.4, -0.2) is 0 Å². The number of hydrogen-bond donors (Lipinski definition) is 0. The van der Waals surface area contributed by atoms with E-state index in [1.165, 1.54) is 33.4 Å². The third kappa shape index (κ3) is 6.19. The second kappa shape index (κ2) is 13.8. The Bertz CT molecular complexity index is 2510. The molecular formula is C50H35NO. The average Bonchev–Trinajstić information content (AvgIpc) is 3.67. The van der Waals surface area contributed by atoms with E-state index in [1.54, 1.807) is 0 Å². The molecule has 0 atom stereocenters. The summed E-state index contributed by atoms with van der Waals surface area (Å²) >= 11 is 0. The summed E-state index contributed by atoms with van der Waals surface area (Å²) in [5, 5.41) is 1.09. The molecule has 246 valence electrons. The minimum Gasteiger partial charge on any atom is -0.456 e. The molecule has 9 aromatic rings. The molecular weight excluding hydrogens is 631 g/mol. The third-order valence-corrected chi connectivity index (χ3v) is 9.65. The monoisotopic (exact) mass is 665 g/mol. The summed E-state index contributed by atoms with van der Waals surface area (Å²) in [7, 11) is 0. The SMILES string of the molecule is c1ccc(-c2cc(-c3ccccc3)cc(N(c3ccc(-c4ccccc4-c4ccccc4)cc3)c3cccc(-c4cc5ccccc5o4)c3)c2)cc1. The summed E-state index contributed by atoms with van der Waals surface area (Å²) in [6, 6.07) is 75.3. The normalized spacial score (nSPS) is 11.1. The molecule has 0 aliphatic carbocycles. The number of anilines is 3. The number of hydrogen-bond acceptors (Lipinski definition) is 2. The summed E-state index contributed by atoms with van der Waals surface area (Å²) in [6.45, 7) is 0. The number of nitrogens with zero attached hydrogens (tertiary/aromatic N) is 1. The van der Waals surface area contributed by atoms with Gasteiger partial charge in [0.25, 0.3) is 0 Å².